The second kappa shape index (κ2) is 7.49. The first-order chi connectivity index (χ1) is 12.0. The molecule has 2 aromatic rings. The summed E-state index contributed by atoms with van der Waals surface area (Å²) in [6.45, 7) is 9.28. The van der Waals surface area contributed by atoms with Crippen LogP contribution >= 0.6 is 22.7 Å². The molecule has 2 amide bonds. The van der Waals surface area contributed by atoms with Gasteiger partial charge in [-0.1, -0.05) is 6.58 Å². The van der Waals surface area contributed by atoms with Crippen molar-refractivity contribution in [2.75, 3.05) is 19.6 Å². The maximum Gasteiger partial charge on any atom is 0.246 e. The van der Waals surface area contributed by atoms with Crippen molar-refractivity contribution in [1.29, 1.82) is 0 Å². The SMILES string of the molecule is C=CC(=O)N(CC)CC(=O)N1CCc2sc(-c3csc(C)n3)cc2C1. The van der Waals surface area contributed by atoms with E-state index in [-0.39, 0.29) is 18.4 Å². The van der Waals surface area contributed by atoms with Crippen LogP contribution < -0.4 is 0 Å². The summed E-state index contributed by atoms with van der Waals surface area (Å²) >= 11 is 3.42. The Bertz CT molecular complexity index is 809. The van der Waals surface area contributed by atoms with Crippen molar-refractivity contribution in [2.45, 2.75) is 26.8 Å². The summed E-state index contributed by atoms with van der Waals surface area (Å²) in [5, 5.41) is 3.14. The van der Waals surface area contributed by atoms with E-state index < -0.39 is 0 Å². The number of aromatic nitrogens is 1. The Labute approximate surface area is 155 Å². The fourth-order valence-electron chi connectivity index (χ4n) is 2.89. The number of fused-ring (bicyclic) bond motifs is 1. The van der Waals surface area contributed by atoms with Crippen molar-refractivity contribution < 1.29 is 9.59 Å². The molecular formula is C18H21N3O2S2. The summed E-state index contributed by atoms with van der Waals surface area (Å²) in [4.78, 5) is 34.7. The number of hydrogen-bond donors (Lipinski definition) is 0. The van der Waals surface area contributed by atoms with Gasteiger partial charge in [-0.15, -0.1) is 22.7 Å². The third kappa shape index (κ3) is 3.82. The van der Waals surface area contributed by atoms with E-state index in [1.807, 2.05) is 18.7 Å². The molecule has 0 aromatic carbocycles. The molecule has 0 atom stereocenters. The molecule has 0 bridgehead atoms. The van der Waals surface area contributed by atoms with Gasteiger partial charge in [0.05, 0.1) is 15.6 Å². The second-order valence-corrected chi connectivity index (χ2v) is 8.13. The van der Waals surface area contributed by atoms with Gasteiger partial charge in [-0.25, -0.2) is 4.98 Å². The van der Waals surface area contributed by atoms with Crippen LogP contribution in [0.5, 0.6) is 0 Å². The van der Waals surface area contributed by atoms with Crippen LogP contribution in [0, 0.1) is 6.92 Å². The summed E-state index contributed by atoms with van der Waals surface area (Å²) in [6, 6.07) is 2.15. The summed E-state index contributed by atoms with van der Waals surface area (Å²) in [5.41, 5.74) is 2.22. The maximum atomic E-state index is 12.6. The van der Waals surface area contributed by atoms with E-state index >= 15 is 0 Å². The minimum Gasteiger partial charge on any atom is -0.336 e. The van der Waals surface area contributed by atoms with Crippen LogP contribution in [0.25, 0.3) is 10.6 Å². The molecule has 7 heteroatoms. The molecule has 0 N–H and O–H groups in total. The highest BCUT2D eigenvalue weighted by atomic mass is 32.1. The lowest BCUT2D eigenvalue weighted by Crippen LogP contribution is -2.43. The van der Waals surface area contributed by atoms with E-state index in [0.29, 0.717) is 19.6 Å². The van der Waals surface area contributed by atoms with Gasteiger partial charge < -0.3 is 9.80 Å². The number of amides is 2. The molecule has 0 radical (unpaired) electrons. The molecule has 5 nitrogen and oxygen atoms in total. The molecule has 1 aliphatic rings. The zero-order valence-electron chi connectivity index (χ0n) is 14.4. The summed E-state index contributed by atoms with van der Waals surface area (Å²) in [7, 11) is 0. The van der Waals surface area contributed by atoms with Gasteiger partial charge in [0.25, 0.3) is 0 Å². The van der Waals surface area contributed by atoms with Crippen LogP contribution in [0.1, 0.15) is 22.4 Å². The van der Waals surface area contributed by atoms with Gasteiger partial charge in [0.2, 0.25) is 11.8 Å². The number of carbonyl (C=O) groups is 2. The molecule has 0 saturated heterocycles. The molecule has 0 unspecified atom stereocenters. The number of aryl methyl sites for hydroxylation is 1. The van der Waals surface area contributed by atoms with Gasteiger partial charge in [-0.3, -0.25) is 9.59 Å². The summed E-state index contributed by atoms with van der Waals surface area (Å²) < 4.78 is 0. The lowest BCUT2D eigenvalue weighted by Gasteiger charge is -2.29. The Balaban J connectivity index is 1.70. The molecule has 3 rings (SSSR count). The number of thiophene rings is 1. The van der Waals surface area contributed by atoms with Gasteiger partial charge in [-0.2, -0.15) is 0 Å². The van der Waals surface area contributed by atoms with Crippen LogP contribution in [0.15, 0.2) is 24.1 Å². The van der Waals surface area contributed by atoms with Crippen LogP contribution in [0.2, 0.25) is 0 Å². The van der Waals surface area contributed by atoms with E-state index in [1.165, 1.54) is 26.3 Å². The first-order valence-electron chi connectivity index (χ1n) is 8.25. The van der Waals surface area contributed by atoms with Gasteiger partial charge in [-0.05, 0) is 38.0 Å². The van der Waals surface area contributed by atoms with Gasteiger partial charge in [0, 0.05) is 29.9 Å². The third-order valence-corrected chi connectivity index (χ3v) is 6.32. The molecule has 2 aromatic heterocycles. The molecule has 132 valence electrons. The minimum atomic E-state index is -0.203. The maximum absolute atomic E-state index is 12.6. The number of likely N-dealkylation sites (N-methyl/N-ethyl adjacent to an activating group) is 1. The number of carbonyl (C=O) groups excluding carboxylic acids is 2. The predicted octanol–water partition coefficient (Wildman–Crippen LogP) is 3.10. The van der Waals surface area contributed by atoms with E-state index in [1.54, 1.807) is 22.7 Å². The zero-order valence-corrected chi connectivity index (χ0v) is 16.1. The molecule has 3 heterocycles. The first kappa shape index (κ1) is 17.8. The van der Waals surface area contributed by atoms with Crippen LogP contribution in [0.3, 0.4) is 0 Å². The minimum absolute atomic E-state index is 0.0139. The van der Waals surface area contributed by atoms with Crippen LogP contribution in [-0.4, -0.2) is 46.2 Å². The summed E-state index contributed by atoms with van der Waals surface area (Å²) in [6.07, 6.45) is 2.11. The van der Waals surface area contributed by atoms with Gasteiger partial charge in [0.15, 0.2) is 0 Å². The Kier molecular flexibility index (Phi) is 5.34. The van der Waals surface area contributed by atoms with E-state index in [0.717, 1.165) is 17.1 Å². The molecule has 0 spiro atoms. The molecule has 0 saturated carbocycles. The highest BCUT2D eigenvalue weighted by molar-refractivity contribution is 7.16. The fraction of sp³-hybridized carbons (Fsp3) is 0.389. The Morgan fingerprint density at radius 2 is 2.28 bits per heavy atom. The quantitative estimate of drug-likeness (QED) is 0.755. The summed E-state index contributed by atoms with van der Waals surface area (Å²) in [5.74, 6) is -0.217. The monoisotopic (exact) mass is 375 g/mol. The average Bonchev–Trinajstić information content (AvgIpc) is 3.23. The molecule has 0 fully saturated rings. The van der Waals surface area contributed by atoms with Crippen molar-refractivity contribution >= 4 is 34.5 Å². The predicted molar refractivity (Wildman–Crippen MR) is 102 cm³/mol. The van der Waals surface area contributed by atoms with E-state index in [9.17, 15) is 9.59 Å². The number of hydrogen-bond acceptors (Lipinski definition) is 5. The van der Waals surface area contributed by atoms with Crippen molar-refractivity contribution in [1.82, 2.24) is 14.8 Å². The Morgan fingerprint density at radius 1 is 1.48 bits per heavy atom. The third-order valence-electron chi connectivity index (χ3n) is 4.28. The van der Waals surface area contributed by atoms with Crippen molar-refractivity contribution in [3.63, 3.8) is 0 Å². The standard InChI is InChI=1S/C18H21N3O2S2/c1-4-17(22)20(5-2)10-18(23)21-7-6-15-13(9-21)8-16(25-15)14-11-24-12(3)19-14/h4,8,11H,1,5-7,9-10H2,2-3H3. The fourth-order valence-corrected chi connectivity index (χ4v) is 4.70. The van der Waals surface area contributed by atoms with Crippen molar-refractivity contribution in [3.8, 4) is 10.6 Å². The average molecular weight is 376 g/mol. The van der Waals surface area contributed by atoms with Gasteiger partial charge in [0.1, 0.15) is 6.54 Å². The normalized spacial score (nSPS) is 13.4. The second-order valence-electron chi connectivity index (χ2n) is 5.93. The molecule has 0 aliphatic carbocycles. The Hall–Kier alpha value is -1.99. The van der Waals surface area contributed by atoms with E-state index in [4.69, 9.17) is 0 Å². The van der Waals surface area contributed by atoms with E-state index in [2.05, 4.69) is 23.0 Å². The molecule has 1 aliphatic heterocycles. The number of rotatable bonds is 5. The zero-order chi connectivity index (χ0) is 18.0. The smallest absolute Gasteiger partial charge is 0.246 e. The largest absolute Gasteiger partial charge is 0.336 e. The number of nitrogens with zero attached hydrogens (tertiary/aromatic N) is 3. The molecule has 25 heavy (non-hydrogen) atoms. The highest BCUT2D eigenvalue weighted by Gasteiger charge is 2.25. The lowest BCUT2D eigenvalue weighted by atomic mass is 10.1. The first-order valence-corrected chi connectivity index (χ1v) is 9.94. The Morgan fingerprint density at radius 3 is 2.92 bits per heavy atom. The van der Waals surface area contributed by atoms with Crippen molar-refractivity contribution in [2.24, 2.45) is 0 Å². The topological polar surface area (TPSA) is 53.5 Å². The van der Waals surface area contributed by atoms with Crippen LogP contribution in [-0.2, 0) is 22.6 Å². The lowest BCUT2D eigenvalue weighted by molar-refractivity contribution is -0.138. The van der Waals surface area contributed by atoms with Gasteiger partial charge >= 0.3 is 0 Å². The highest BCUT2D eigenvalue weighted by Crippen LogP contribution is 2.35. The van der Waals surface area contributed by atoms with Crippen molar-refractivity contribution in [3.05, 3.63) is 39.5 Å². The molecular weight excluding hydrogens is 354 g/mol. The number of thiazole rings is 1. The van der Waals surface area contributed by atoms with Crippen LogP contribution in [0.4, 0.5) is 0 Å².